The average molecular weight is 326 g/mol. The standard InChI is InChI=1S/C17H15FN4S/c18-15-8-4-5-9-16(15)21-17(23)20-14-10-19-22(12-14)11-13-6-2-1-3-7-13/h1-10,12H,11H2,(H2,20,21,23). The maximum atomic E-state index is 13.6. The van der Waals surface area contributed by atoms with Crippen LogP contribution in [0.5, 0.6) is 0 Å². The number of nitrogens with zero attached hydrogens (tertiary/aromatic N) is 2. The van der Waals surface area contributed by atoms with Crippen molar-refractivity contribution < 1.29 is 4.39 Å². The van der Waals surface area contributed by atoms with Gasteiger partial charge in [0.15, 0.2) is 5.11 Å². The van der Waals surface area contributed by atoms with Crippen LogP contribution in [0.4, 0.5) is 15.8 Å². The van der Waals surface area contributed by atoms with Crippen LogP contribution < -0.4 is 10.6 Å². The van der Waals surface area contributed by atoms with Gasteiger partial charge in [-0.3, -0.25) is 4.68 Å². The number of nitrogens with one attached hydrogen (secondary N) is 2. The molecule has 0 spiro atoms. The van der Waals surface area contributed by atoms with E-state index in [1.165, 1.54) is 6.07 Å². The molecule has 3 rings (SSSR count). The molecule has 23 heavy (non-hydrogen) atoms. The third-order valence-electron chi connectivity index (χ3n) is 3.20. The van der Waals surface area contributed by atoms with Gasteiger partial charge in [-0.05, 0) is 29.9 Å². The Bertz CT molecular complexity index is 801. The number of hydrogen-bond acceptors (Lipinski definition) is 2. The molecule has 116 valence electrons. The molecular weight excluding hydrogens is 311 g/mol. The molecule has 0 aliphatic rings. The van der Waals surface area contributed by atoms with E-state index in [2.05, 4.69) is 15.7 Å². The number of para-hydroxylation sites is 1. The summed E-state index contributed by atoms with van der Waals surface area (Å²) in [6, 6.07) is 16.4. The first-order chi connectivity index (χ1) is 11.2. The smallest absolute Gasteiger partial charge is 0.175 e. The van der Waals surface area contributed by atoms with E-state index in [0.29, 0.717) is 17.3 Å². The second-order valence-corrected chi connectivity index (χ2v) is 5.38. The van der Waals surface area contributed by atoms with Crippen molar-refractivity contribution in [3.63, 3.8) is 0 Å². The van der Waals surface area contributed by atoms with Crippen LogP contribution in [-0.2, 0) is 6.54 Å². The molecule has 0 saturated heterocycles. The maximum Gasteiger partial charge on any atom is 0.175 e. The normalized spacial score (nSPS) is 10.3. The molecule has 0 saturated carbocycles. The second-order valence-electron chi connectivity index (χ2n) is 4.97. The lowest BCUT2D eigenvalue weighted by molar-refractivity contribution is 0.632. The zero-order chi connectivity index (χ0) is 16.1. The summed E-state index contributed by atoms with van der Waals surface area (Å²) in [4.78, 5) is 0. The third kappa shape index (κ3) is 4.14. The van der Waals surface area contributed by atoms with Gasteiger partial charge in [0, 0.05) is 6.20 Å². The van der Waals surface area contributed by atoms with Gasteiger partial charge in [-0.1, -0.05) is 42.5 Å². The Balaban J connectivity index is 1.60. The lowest BCUT2D eigenvalue weighted by Gasteiger charge is -2.09. The molecule has 2 N–H and O–H groups in total. The van der Waals surface area contributed by atoms with Gasteiger partial charge in [-0.2, -0.15) is 5.10 Å². The van der Waals surface area contributed by atoms with Gasteiger partial charge >= 0.3 is 0 Å². The van der Waals surface area contributed by atoms with Crippen LogP contribution in [-0.4, -0.2) is 14.9 Å². The van der Waals surface area contributed by atoms with E-state index in [4.69, 9.17) is 12.2 Å². The SMILES string of the molecule is Fc1ccccc1NC(=S)Nc1cnn(Cc2ccccc2)c1. The predicted molar refractivity (Wildman–Crippen MR) is 94.0 cm³/mol. The summed E-state index contributed by atoms with van der Waals surface area (Å²) in [5, 5.41) is 10.4. The number of benzene rings is 2. The van der Waals surface area contributed by atoms with Crippen molar-refractivity contribution in [2.24, 2.45) is 0 Å². The number of anilines is 2. The van der Waals surface area contributed by atoms with Gasteiger partial charge < -0.3 is 10.6 Å². The maximum absolute atomic E-state index is 13.6. The lowest BCUT2D eigenvalue weighted by atomic mass is 10.2. The highest BCUT2D eigenvalue weighted by Gasteiger charge is 2.05. The van der Waals surface area contributed by atoms with Crippen molar-refractivity contribution in [2.75, 3.05) is 10.6 Å². The fourth-order valence-electron chi connectivity index (χ4n) is 2.13. The van der Waals surface area contributed by atoms with Gasteiger partial charge in [0.05, 0.1) is 24.1 Å². The van der Waals surface area contributed by atoms with Crippen LogP contribution in [0.2, 0.25) is 0 Å². The molecule has 0 bridgehead atoms. The van der Waals surface area contributed by atoms with Crippen LogP contribution in [0.1, 0.15) is 5.56 Å². The van der Waals surface area contributed by atoms with Gasteiger partial charge in [-0.25, -0.2) is 4.39 Å². The minimum atomic E-state index is -0.351. The topological polar surface area (TPSA) is 41.9 Å². The molecule has 6 heteroatoms. The fraction of sp³-hybridized carbons (Fsp3) is 0.0588. The second kappa shape index (κ2) is 7.02. The zero-order valence-corrected chi connectivity index (χ0v) is 13.1. The van der Waals surface area contributed by atoms with E-state index in [9.17, 15) is 4.39 Å². The Hall–Kier alpha value is -2.73. The van der Waals surface area contributed by atoms with Gasteiger partial charge in [0.25, 0.3) is 0 Å². The summed E-state index contributed by atoms with van der Waals surface area (Å²) < 4.78 is 15.4. The summed E-state index contributed by atoms with van der Waals surface area (Å²) >= 11 is 5.19. The van der Waals surface area contributed by atoms with Crippen molar-refractivity contribution in [2.45, 2.75) is 6.54 Å². The number of rotatable bonds is 4. The van der Waals surface area contributed by atoms with E-state index in [1.807, 2.05) is 41.2 Å². The molecule has 2 aromatic carbocycles. The first-order valence-corrected chi connectivity index (χ1v) is 7.50. The molecule has 0 aliphatic carbocycles. The molecule has 0 unspecified atom stereocenters. The summed E-state index contributed by atoms with van der Waals surface area (Å²) in [7, 11) is 0. The first kappa shape index (κ1) is 15.2. The van der Waals surface area contributed by atoms with E-state index in [1.54, 1.807) is 24.4 Å². The highest BCUT2D eigenvalue weighted by atomic mass is 32.1. The molecule has 4 nitrogen and oxygen atoms in total. The number of aromatic nitrogens is 2. The molecule has 0 fully saturated rings. The number of hydrogen-bond donors (Lipinski definition) is 2. The highest BCUT2D eigenvalue weighted by molar-refractivity contribution is 7.80. The molecule has 0 radical (unpaired) electrons. The van der Waals surface area contributed by atoms with Crippen molar-refractivity contribution in [3.8, 4) is 0 Å². The van der Waals surface area contributed by atoms with E-state index in [-0.39, 0.29) is 5.82 Å². The Morgan fingerprint density at radius 3 is 2.57 bits per heavy atom. The molecule has 0 aliphatic heterocycles. The quantitative estimate of drug-likeness (QED) is 0.714. The average Bonchev–Trinajstić information content (AvgIpc) is 2.97. The van der Waals surface area contributed by atoms with Crippen LogP contribution in [0.15, 0.2) is 67.0 Å². The molecular formula is C17H15FN4S. The first-order valence-electron chi connectivity index (χ1n) is 7.09. The van der Waals surface area contributed by atoms with Gasteiger partial charge in [-0.15, -0.1) is 0 Å². The fourth-order valence-corrected chi connectivity index (χ4v) is 2.36. The van der Waals surface area contributed by atoms with Crippen molar-refractivity contribution in [3.05, 3.63) is 78.4 Å². The van der Waals surface area contributed by atoms with Crippen LogP contribution in [0.3, 0.4) is 0 Å². The Labute approximate surface area is 139 Å². The summed E-state index contributed by atoms with van der Waals surface area (Å²) in [5.74, 6) is -0.351. The van der Waals surface area contributed by atoms with Crippen molar-refractivity contribution >= 4 is 28.7 Å². The van der Waals surface area contributed by atoms with Gasteiger partial charge in [0.2, 0.25) is 0 Å². The monoisotopic (exact) mass is 326 g/mol. The van der Waals surface area contributed by atoms with Crippen molar-refractivity contribution in [1.29, 1.82) is 0 Å². The number of halogens is 1. The Morgan fingerprint density at radius 1 is 1.04 bits per heavy atom. The summed E-state index contributed by atoms with van der Waals surface area (Å²) in [5.41, 5.74) is 2.24. The molecule has 3 aromatic rings. The van der Waals surface area contributed by atoms with Gasteiger partial charge in [0.1, 0.15) is 5.82 Å². The number of thiocarbonyl (C=S) groups is 1. The predicted octanol–water partition coefficient (Wildman–Crippen LogP) is 3.88. The van der Waals surface area contributed by atoms with E-state index >= 15 is 0 Å². The van der Waals surface area contributed by atoms with E-state index in [0.717, 1.165) is 11.3 Å². The highest BCUT2D eigenvalue weighted by Crippen LogP contribution is 2.14. The van der Waals surface area contributed by atoms with E-state index < -0.39 is 0 Å². The summed E-state index contributed by atoms with van der Waals surface area (Å²) in [6.07, 6.45) is 3.53. The minimum absolute atomic E-state index is 0.314. The van der Waals surface area contributed by atoms with Crippen LogP contribution in [0, 0.1) is 5.82 Å². The molecule has 0 amide bonds. The zero-order valence-electron chi connectivity index (χ0n) is 12.2. The van der Waals surface area contributed by atoms with Crippen LogP contribution in [0.25, 0.3) is 0 Å². The minimum Gasteiger partial charge on any atom is -0.330 e. The summed E-state index contributed by atoms with van der Waals surface area (Å²) in [6.45, 7) is 0.677. The molecule has 1 heterocycles. The van der Waals surface area contributed by atoms with Crippen LogP contribution >= 0.6 is 12.2 Å². The lowest BCUT2D eigenvalue weighted by Crippen LogP contribution is -2.19. The largest absolute Gasteiger partial charge is 0.330 e. The van der Waals surface area contributed by atoms with Crippen molar-refractivity contribution in [1.82, 2.24) is 9.78 Å². The Morgan fingerprint density at radius 2 is 1.78 bits per heavy atom. The molecule has 1 aromatic heterocycles. The third-order valence-corrected chi connectivity index (χ3v) is 3.40. The Kier molecular flexibility index (Phi) is 4.63. The molecule has 0 atom stereocenters.